The summed E-state index contributed by atoms with van der Waals surface area (Å²) < 4.78 is 7.06. The molecule has 0 atom stereocenters. The Balaban J connectivity index is 1.44. The minimum absolute atomic E-state index is 0.283. The monoisotopic (exact) mass is 406 g/mol. The molecule has 0 radical (unpaired) electrons. The number of ether oxygens (including phenoxy) is 1. The smallest absolute Gasteiger partial charge is 0.276 e. The maximum atomic E-state index is 12.6. The van der Waals surface area contributed by atoms with E-state index in [1.165, 1.54) is 0 Å². The summed E-state index contributed by atoms with van der Waals surface area (Å²) in [6.45, 7) is 5.95. The molecule has 1 N–H and O–H groups in total. The summed E-state index contributed by atoms with van der Waals surface area (Å²) in [4.78, 5) is 21.7. The Morgan fingerprint density at radius 2 is 1.90 bits per heavy atom. The largest absolute Gasteiger partial charge is 0.494 e. The molecule has 1 aliphatic heterocycles. The van der Waals surface area contributed by atoms with Crippen molar-refractivity contribution >= 4 is 17.4 Å². The molecule has 1 amide bonds. The van der Waals surface area contributed by atoms with Gasteiger partial charge in [-0.1, -0.05) is 6.07 Å². The zero-order chi connectivity index (χ0) is 21.1. The molecule has 4 rings (SSSR count). The highest BCUT2D eigenvalue weighted by Crippen LogP contribution is 2.23. The summed E-state index contributed by atoms with van der Waals surface area (Å²) >= 11 is 0. The second-order valence-electron chi connectivity index (χ2n) is 7.47. The van der Waals surface area contributed by atoms with Gasteiger partial charge in [-0.2, -0.15) is 5.10 Å². The van der Waals surface area contributed by atoms with Crippen LogP contribution in [-0.4, -0.2) is 65.9 Å². The van der Waals surface area contributed by atoms with E-state index >= 15 is 0 Å². The molecule has 8 nitrogen and oxygen atoms in total. The third-order valence-electron chi connectivity index (χ3n) is 5.24. The molecule has 0 unspecified atom stereocenters. The number of pyridine rings is 1. The fraction of sp³-hybridized carbons (Fsp3) is 0.318. The number of hydrogen-bond acceptors (Lipinski definition) is 6. The number of carbonyl (C=O) groups is 1. The van der Waals surface area contributed by atoms with Gasteiger partial charge in [0.05, 0.1) is 19.0 Å². The van der Waals surface area contributed by atoms with E-state index in [-0.39, 0.29) is 5.91 Å². The molecule has 1 aromatic carbocycles. The van der Waals surface area contributed by atoms with E-state index in [9.17, 15) is 4.79 Å². The average molecular weight is 406 g/mol. The Labute approximate surface area is 176 Å². The lowest BCUT2D eigenvalue weighted by atomic mass is 10.2. The normalized spacial score (nSPS) is 14.6. The van der Waals surface area contributed by atoms with Crippen molar-refractivity contribution < 1.29 is 9.53 Å². The lowest BCUT2D eigenvalue weighted by Gasteiger charge is -2.33. The first-order chi connectivity index (χ1) is 14.5. The Kier molecular flexibility index (Phi) is 5.67. The lowest BCUT2D eigenvalue weighted by Crippen LogP contribution is -2.44. The van der Waals surface area contributed by atoms with Crippen molar-refractivity contribution in [2.45, 2.75) is 6.92 Å². The summed E-state index contributed by atoms with van der Waals surface area (Å²) in [6.07, 6.45) is 3.44. The first-order valence-electron chi connectivity index (χ1n) is 9.95. The van der Waals surface area contributed by atoms with E-state index in [0.29, 0.717) is 17.1 Å². The predicted molar refractivity (Wildman–Crippen MR) is 117 cm³/mol. The number of aryl methyl sites for hydroxylation is 1. The fourth-order valence-corrected chi connectivity index (χ4v) is 3.44. The van der Waals surface area contributed by atoms with Gasteiger partial charge in [-0.05, 0) is 49.9 Å². The number of nitrogens with zero attached hydrogens (tertiary/aromatic N) is 5. The molecule has 3 aromatic rings. The number of amides is 1. The SMILES string of the molecule is COc1ccc(C)cc1-n1ccc(C(=O)Nc2ccc(N3CCN(C)CC3)nc2)n1. The van der Waals surface area contributed by atoms with Gasteiger partial charge in [0, 0.05) is 32.4 Å². The van der Waals surface area contributed by atoms with Crippen LogP contribution in [0.3, 0.4) is 0 Å². The van der Waals surface area contributed by atoms with Crippen LogP contribution >= 0.6 is 0 Å². The number of anilines is 2. The first-order valence-corrected chi connectivity index (χ1v) is 9.95. The third-order valence-corrected chi connectivity index (χ3v) is 5.24. The van der Waals surface area contributed by atoms with Gasteiger partial charge in [-0.3, -0.25) is 4.79 Å². The molecular formula is C22H26N6O2. The number of carbonyl (C=O) groups excluding carboxylic acids is 1. The number of rotatable bonds is 5. The molecule has 3 heterocycles. The molecule has 1 aliphatic rings. The highest BCUT2D eigenvalue weighted by molar-refractivity contribution is 6.02. The second kappa shape index (κ2) is 8.54. The summed E-state index contributed by atoms with van der Waals surface area (Å²) in [6, 6.07) is 11.3. The molecule has 30 heavy (non-hydrogen) atoms. The Hall–Kier alpha value is -3.39. The lowest BCUT2D eigenvalue weighted by molar-refractivity contribution is 0.102. The molecule has 0 aliphatic carbocycles. The van der Waals surface area contributed by atoms with Crippen molar-refractivity contribution in [1.82, 2.24) is 19.7 Å². The van der Waals surface area contributed by atoms with E-state index in [2.05, 4.69) is 32.2 Å². The van der Waals surface area contributed by atoms with Gasteiger partial charge in [0.25, 0.3) is 5.91 Å². The molecule has 0 bridgehead atoms. The van der Waals surface area contributed by atoms with Gasteiger partial charge in [-0.25, -0.2) is 9.67 Å². The van der Waals surface area contributed by atoms with E-state index in [0.717, 1.165) is 43.2 Å². The van der Waals surface area contributed by atoms with Crippen LogP contribution in [0.1, 0.15) is 16.1 Å². The molecule has 0 spiro atoms. The van der Waals surface area contributed by atoms with Gasteiger partial charge in [0.15, 0.2) is 5.69 Å². The molecule has 8 heteroatoms. The van der Waals surface area contributed by atoms with E-state index in [1.54, 1.807) is 30.3 Å². The van der Waals surface area contributed by atoms with E-state index in [4.69, 9.17) is 4.74 Å². The van der Waals surface area contributed by atoms with Gasteiger partial charge >= 0.3 is 0 Å². The van der Waals surface area contributed by atoms with Gasteiger partial charge in [-0.15, -0.1) is 0 Å². The van der Waals surface area contributed by atoms with Gasteiger partial charge in [0.2, 0.25) is 0 Å². The Morgan fingerprint density at radius 1 is 1.10 bits per heavy atom. The molecular weight excluding hydrogens is 380 g/mol. The van der Waals surface area contributed by atoms with Crippen LogP contribution in [0.5, 0.6) is 5.75 Å². The maximum Gasteiger partial charge on any atom is 0.276 e. The van der Waals surface area contributed by atoms with Crippen LogP contribution in [-0.2, 0) is 0 Å². The van der Waals surface area contributed by atoms with Crippen molar-refractivity contribution in [2.75, 3.05) is 50.6 Å². The molecule has 156 valence electrons. The van der Waals surface area contributed by atoms with Gasteiger partial charge in [0.1, 0.15) is 17.3 Å². The number of hydrogen-bond donors (Lipinski definition) is 1. The summed E-state index contributed by atoms with van der Waals surface area (Å²) in [5.74, 6) is 1.34. The highest BCUT2D eigenvalue weighted by atomic mass is 16.5. The van der Waals surface area contributed by atoms with Gasteiger partial charge < -0.3 is 19.9 Å². The average Bonchev–Trinajstić information content (AvgIpc) is 3.25. The topological polar surface area (TPSA) is 75.5 Å². The molecule has 1 fully saturated rings. The number of benzene rings is 1. The summed E-state index contributed by atoms with van der Waals surface area (Å²) in [7, 11) is 3.74. The molecule has 1 saturated heterocycles. The van der Waals surface area contributed by atoms with Crippen LogP contribution in [0.2, 0.25) is 0 Å². The number of methoxy groups -OCH3 is 1. The number of aromatic nitrogens is 3. The van der Waals surface area contributed by atoms with Crippen molar-refractivity contribution in [2.24, 2.45) is 0 Å². The third kappa shape index (κ3) is 4.28. The zero-order valence-electron chi connectivity index (χ0n) is 17.5. The van der Waals surface area contributed by atoms with Crippen molar-refractivity contribution in [1.29, 1.82) is 0 Å². The number of piperazine rings is 1. The fourth-order valence-electron chi connectivity index (χ4n) is 3.44. The van der Waals surface area contributed by atoms with E-state index < -0.39 is 0 Å². The predicted octanol–water partition coefficient (Wildman–Crippen LogP) is 2.59. The summed E-state index contributed by atoms with van der Waals surface area (Å²) in [5.41, 5.74) is 2.83. The molecule has 2 aromatic heterocycles. The first kappa shape index (κ1) is 19.9. The van der Waals surface area contributed by atoms with Crippen molar-refractivity contribution in [3.05, 3.63) is 60.0 Å². The van der Waals surface area contributed by atoms with Crippen LogP contribution < -0.4 is 15.0 Å². The quantitative estimate of drug-likeness (QED) is 0.702. The number of likely N-dealkylation sites (N-methyl/N-ethyl adjacent to an activating group) is 1. The van der Waals surface area contributed by atoms with Crippen molar-refractivity contribution in [3.8, 4) is 11.4 Å². The van der Waals surface area contributed by atoms with Crippen LogP contribution in [0, 0.1) is 6.92 Å². The Morgan fingerprint density at radius 3 is 2.60 bits per heavy atom. The minimum Gasteiger partial charge on any atom is -0.494 e. The second-order valence-corrected chi connectivity index (χ2v) is 7.47. The van der Waals surface area contributed by atoms with E-state index in [1.807, 2.05) is 37.3 Å². The van der Waals surface area contributed by atoms with Crippen molar-refractivity contribution in [3.63, 3.8) is 0 Å². The van der Waals surface area contributed by atoms with Crippen LogP contribution in [0.15, 0.2) is 48.8 Å². The summed E-state index contributed by atoms with van der Waals surface area (Å²) in [5, 5.41) is 7.28. The Bertz CT molecular complexity index is 1020. The van der Waals surface area contributed by atoms with Crippen LogP contribution in [0.25, 0.3) is 5.69 Å². The highest BCUT2D eigenvalue weighted by Gasteiger charge is 2.16. The van der Waals surface area contributed by atoms with Crippen LogP contribution in [0.4, 0.5) is 11.5 Å². The zero-order valence-corrected chi connectivity index (χ0v) is 17.5. The molecule has 0 saturated carbocycles. The maximum absolute atomic E-state index is 12.6. The number of nitrogens with one attached hydrogen (secondary N) is 1. The standard InChI is InChI=1S/C22H26N6O2/c1-16-4-6-20(30-3)19(14-16)28-9-8-18(25-28)22(29)24-17-5-7-21(23-15-17)27-12-10-26(2)11-13-27/h4-9,14-15H,10-13H2,1-3H3,(H,24,29). The minimum atomic E-state index is -0.283.